The second-order valence-electron chi connectivity index (χ2n) is 4.93. The molecule has 0 bridgehead atoms. The Balaban J connectivity index is 2.54. The van der Waals surface area contributed by atoms with Crippen LogP contribution in [-0.2, 0) is 4.79 Å². The molecule has 1 saturated heterocycles. The van der Waals surface area contributed by atoms with Crippen molar-refractivity contribution < 1.29 is 4.79 Å². The third-order valence-electron chi connectivity index (χ3n) is 3.87. The molecule has 0 aliphatic carbocycles. The highest BCUT2D eigenvalue weighted by Gasteiger charge is 2.39. The first-order valence-electron chi connectivity index (χ1n) is 6.70. The van der Waals surface area contributed by atoms with Crippen molar-refractivity contribution in [2.45, 2.75) is 58.9 Å². The summed E-state index contributed by atoms with van der Waals surface area (Å²) < 4.78 is 0. The second-order valence-corrected chi connectivity index (χ2v) is 4.93. The summed E-state index contributed by atoms with van der Waals surface area (Å²) in [5, 5.41) is 6.53. The molecule has 0 aromatic rings. The molecular weight excluding hydrogens is 200 g/mol. The number of hydrogen-bond acceptors (Lipinski definition) is 2. The molecule has 1 heterocycles. The van der Waals surface area contributed by atoms with Gasteiger partial charge in [-0.15, -0.1) is 0 Å². The molecule has 16 heavy (non-hydrogen) atoms. The quantitative estimate of drug-likeness (QED) is 0.728. The van der Waals surface area contributed by atoms with E-state index in [9.17, 15) is 4.79 Å². The number of carbonyl (C=O) groups is 1. The van der Waals surface area contributed by atoms with Crippen molar-refractivity contribution in [3.63, 3.8) is 0 Å². The Morgan fingerprint density at radius 1 is 1.44 bits per heavy atom. The van der Waals surface area contributed by atoms with Crippen LogP contribution in [0.3, 0.4) is 0 Å². The van der Waals surface area contributed by atoms with E-state index in [1.165, 1.54) is 0 Å². The van der Waals surface area contributed by atoms with Crippen molar-refractivity contribution in [2.75, 3.05) is 13.1 Å². The van der Waals surface area contributed by atoms with Crippen molar-refractivity contribution in [2.24, 2.45) is 5.41 Å². The van der Waals surface area contributed by atoms with E-state index in [0.29, 0.717) is 6.04 Å². The molecule has 94 valence electrons. The lowest BCUT2D eigenvalue weighted by Gasteiger charge is -2.28. The highest BCUT2D eigenvalue weighted by Crippen LogP contribution is 2.29. The van der Waals surface area contributed by atoms with Crippen molar-refractivity contribution in [1.82, 2.24) is 10.6 Å². The zero-order valence-electron chi connectivity index (χ0n) is 10.9. The third kappa shape index (κ3) is 2.97. The van der Waals surface area contributed by atoms with Crippen LogP contribution in [0.25, 0.3) is 0 Å². The SMILES string of the molecule is CCCC(CC)NC(=O)C1(CC)CCNC1. The number of hydrogen-bond donors (Lipinski definition) is 2. The average molecular weight is 226 g/mol. The molecule has 2 atom stereocenters. The molecule has 1 amide bonds. The Labute approximate surface area is 99.4 Å². The van der Waals surface area contributed by atoms with Crippen molar-refractivity contribution in [3.05, 3.63) is 0 Å². The Morgan fingerprint density at radius 3 is 2.62 bits per heavy atom. The number of rotatable bonds is 6. The van der Waals surface area contributed by atoms with Gasteiger partial charge in [0.25, 0.3) is 0 Å². The zero-order chi connectivity index (χ0) is 12.0. The van der Waals surface area contributed by atoms with E-state index in [2.05, 4.69) is 31.4 Å². The fourth-order valence-electron chi connectivity index (χ4n) is 2.47. The molecule has 0 radical (unpaired) electrons. The Bertz CT molecular complexity index is 222. The minimum absolute atomic E-state index is 0.138. The molecule has 2 unspecified atom stereocenters. The lowest BCUT2D eigenvalue weighted by molar-refractivity contribution is -0.131. The first-order chi connectivity index (χ1) is 7.68. The van der Waals surface area contributed by atoms with Crippen molar-refractivity contribution >= 4 is 5.91 Å². The fraction of sp³-hybridized carbons (Fsp3) is 0.923. The van der Waals surface area contributed by atoms with Gasteiger partial charge in [-0.1, -0.05) is 27.2 Å². The van der Waals surface area contributed by atoms with Crippen LogP contribution in [0.2, 0.25) is 0 Å². The fourth-order valence-corrected chi connectivity index (χ4v) is 2.47. The van der Waals surface area contributed by atoms with Crippen LogP contribution in [0.5, 0.6) is 0 Å². The van der Waals surface area contributed by atoms with E-state index < -0.39 is 0 Å². The number of amides is 1. The molecule has 0 spiro atoms. The minimum atomic E-state index is -0.138. The van der Waals surface area contributed by atoms with Gasteiger partial charge in [0, 0.05) is 12.6 Å². The Kier molecular flexibility index (Phi) is 5.26. The van der Waals surface area contributed by atoms with Gasteiger partial charge in [0.15, 0.2) is 0 Å². The molecular formula is C13H26N2O. The summed E-state index contributed by atoms with van der Waals surface area (Å²) in [6.07, 6.45) is 5.19. The van der Waals surface area contributed by atoms with Crippen LogP contribution in [0.1, 0.15) is 52.9 Å². The monoisotopic (exact) mass is 226 g/mol. The molecule has 1 aliphatic rings. The molecule has 0 aromatic heterocycles. The summed E-state index contributed by atoms with van der Waals surface area (Å²) in [5.41, 5.74) is -0.138. The molecule has 1 fully saturated rings. The van der Waals surface area contributed by atoms with Gasteiger partial charge in [-0.05, 0) is 32.2 Å². The van der Waals surface area contributed by atoms with Crippen LogP contribution < -0.4 is 10.6 Å². The first kappa shape index (κ1) is 13.5. The molecule has 3 heteroatoms. The van der Waals surface area contributed by atoms with Gasteiger partial charge in [-0.3, -0.25) is 4.79 Å². The summed E-state index contributed by atoms with van der Waals surface area (Å²) in [6.45, 7) is 8.25. The topological polar surface area (TPSA) is 41.1 Å². The second kappa shape index (κ2) is 6.24. The van der Waals surface area contributed by atoms with Crippen LogP contribution in [-0.4, -0.2) is 25.0 Å². The Morgan fingerprint density at radius 2 is 2.19 bits per heavy atom. The van der Waals surface area contributed by atoms with E-state index in [4.69, 9.17) is 0 Å². The van der Waals surface area contributed by atoms with E-state index in [1.54, 1.807) is 0 Å². The van der Waals surface area contributed by atoms with Gasteiger partial charge in [-0.2, -0.15) is 0 Å². The predicted octanol–water partition coefficient (Wildman–Crippen LogP) is 2.07. The third-order valence-corrected chi connectivity index (χ3v) is 3.87. The van der Waals surface area contributed by atoms with Crippen LogP contribution in [0.4, 0.5) is 0 Å². The van der Waals surface area contributed by atoms with Gasteiger partial charge in [-0.25, -0.2) is 0 Å². The maximum atomic E-state index is 12.3. The smallest absolute Gasteiger partial charge is 0.227 e. The standard InChI is InChI=1S/C13H26N2O/c1-4-7-11(5-2)15-12(16)13(6-3)8-9-14-10-13/h11,14H,4-10H2,1-3H3,(H,15,16). The van der Waals surface area contributed by atoms with Crippen LogP contribution in [0.15, 0.2) is 0 Å². The van der Waals surface area contributed by atoms with Gasteiger partial charge in [0.2, 0.25) is 5.91 Å². The molecule has 2 N–H and O–H groups in total. The number of nitrogens with one attached hydrogen (secondary N) is 2. The molecule has 3 nitrogen and oxygen atoms in total. The molecule has 0 aromatic carbocycles. The lowest BCUT2D eigenvalue weighted by Crippen LogP contribution is -2.46. The predicted molar refractivity (Wildman–Crippen MR) is 67.3 cm³/mol. The van der Waals surface area contributed by atoms with Crippen LogP contribution in [0, 0.1) is 5.41 Å². The highest BCUT2D eigenvalue weighted by molar-refractivity contribution is 5.83. The van der Waals surface area contributed by atoms with Gasteiger partial charge in [0.05, 0.1) is 5.41 Å². The summed E-state index contributed by atoms with van der Waals surface area (Å²) in [6, 6.07) is 0.363. The van der Waals surface area contributed by atoms with Crippen molar-refractivity contribution in [1.29, 1.82) is 0 Å². The Hall–Kier alpha value is -0.570. The van der Waals surface area contributed by atoms with Gasteiger partial charge >= 0.3 is 0 Å². The highest BCUT2D eigenvalue weighted by atomic mass is 16.2. The molecule has 1 aliphatic heterocycles. The van der Waals surface area contributed by atoms with Crippen LogP contribution >= 0.6 is 0 Å². The zero-order valence-corrected chi connectivity index (χ0v) is 10.9. The maximum Gasteiger partial charge on any atom is 0.227 e. The molecule has 1 rings (SSSR count). The van der Waals surface area contributed by atoms with Gasteiger partial charge < -0.3 is 10.6 Å². The van der Waals surface area contributed by atoms with E-state index in [0.717, 1.165) is 45.2 Å². The summed E-state index contributed by atoms with van der Waals surface area (Å²) in [7, 11) is 0. The number of carbonyl (C=O) groups excluding carboxylic acids is 1. The first-order valence-corrected chi connectivity index (χ1v) is 6.70. The minimum Gasteiger partial charge on any atom is -0.353 e. The summed E-state index contributed by atoms with van der Waals surface area (Å²) in [4.78, 5) is 12.3. The maximum absolute atomic E-state index is 12.3. The van der Waals surface area contributed by atoms with E-state index >= 15 is 0 Å². The summed E-state index contributed by atoms with van der Waals surface area (Å²) >= 11 is 0. The van der Waals surface area contributed by atoms with E-state index in [1.807, 2.05) is 0 Å². The largest absolute Gasteiger partial charge is 0.353 e. The summed E-state index contributed by atoms with van der Waals surface area (Å²) in [5.74, 6) is 0.264. The van der Waals surface area contributed by atoms with Crippen molar-refractivity contribution in [3.8, 4) is 0 Å². The van der Waals surface area contributed by atoms with E-state index in [-0.39, 0.29) is 11.3 Å². The lowest BCUT2D eigenvalue weighted by atomic mass is 9.83. The average Bonchev–Trinajstić information content (AvgIpc) is 2.78. The van der Waals surface area contributed by atoms with Gasteiger partial charge in [0.1, 0.15) is 0 Å². The normalized spacial score (nSPS) is 26.7. The molecule has 0 saturated carbocycles.